The lowest BCUT2D eigenvalue weighted by Gasteiger charge is -2.14. The van der Waals surface area contributed by atoms with Crippen LogP contribution < -0.4 is 5.32 Å². The van der Waals surface area contributed by atoms with Gasteiger partial charge in [0.25, 0.3) is 5.91 Å². The van der Waals surface area contributed by atoms with Crippen molar-refractivity contribution >= 4 is 11.5 Å². The zero-order valence-corrected chi connectivity index (χ0v) is 13.6. The summed E-state index contributed by atoms with van der Waals surface area (Å²) in [4.78, 5) is 11.9. The molecule has 0 saturated carbocycles. The lowest BCUT2D eigenvalue weighted by molar-refractivity contribution is 0.0949. The molecule has 0 fully saturated rings. The monoisotopic (exact) mass is 273 g/mol. The van der Waals surface area contributed by atoms with Crippen LogP contribution in [0.1, 0.15) is 57.5 Å². The molecule has 2 nitrogen and oxygen atoms in total. The summed E-state index contributed by atoms with van der Waals surface area (Å²) in [6.45, 7) is 13.6. The van der Waals surface area contributed by atoms with Gasteiger partial charge in [-0.15, -0.1) is 0 Å². The molecule has 0 saturated heterocycles. The van der Waals surface area contributed by atoms with Gasteiger partial charge in [0.1, 0.15) is 0 Å². The second kappa shape index (κ2) is 6.74. The number of carbonyl (C=O) groups is 1. The van der Waals surface area contributed by atoms with E-state index >= 15 is 0 Å². The minimum Gasteiger partial charge on any atom is -0.352 e. The van der Waals surface area contributed by atoms with E-state index in [2.05, 4.69) is 52.9 Å². The number of benzene rings is 1. The average molecular weight is 273 g/mol. The maximum atomic E-state index is 11.9. The van der Waals surface area contributed by atoms with Gasteiger partial charge in [0, 0.05) is 12.1 Å². The molecule has 1 N–H and O–H groups in total. The molecule has 1 amide bonds. The maximum Gasteiger partial charge on any atom is 0.251 e. The number of amides is 1. The van der Waals surface area contributed by atoms with Crippen molar-refractivity contribution in [3.8, 4) is 0 Å². The fourth-order valence-electron chi connectivity index (χ4n) is 2.02. The van der Waals surface area contributed by atoms with Crippen LogP contribution >= 0.6 is 0 Å². The minimum absolute atomic E-state index is 0.00250. The van der Waals surface area contributed by atoms with Crippen LogP contribution in [0, 0.1) is 11.3 Å². The average Bonchev–Trinajstić information content (AvgIpc) is 2.34. The summed E-state index contributed by atoms with van der Waals surface area (Å²) in [6, 6.07) is 7.82. The van der Waals surface area contributed by atoms with Crippen molar-refractivity contribution in [3.05, 3.63) is 41.5 Å². The van der Waals surface area contributed by atoms with E-state index in [9.17, 15) is 4.79 Å². The first kappa shape index (κ1) is 16.5. The minimum atomic E-state index is 0.00250. The Bertz CT molecular complexity index is 475. The Labute approximate surface area is 123 Å². The molecule has 0 bridgehead atoms. The van der Waals surface area contributed by atoms with Gasteiger partial charge in [-0.2, -0.15) is 0 Å². The third kappa shape index (κ3) is 5.60. The van der Waals surface area contributed by atoms with Crippen molar-refractivity contribution in [1.29, 1.82) is 0 Å². The maximum absolute atomic E-state index is 11.9. The van der Waals surface area contributed by atoms with Gasteiger partial charge in [0.2, 0.25) is 0 Å². The normalized spacial score (nSPS) is 12.7. The van der Waals surface area contributed by atoms with Crippen molar-refractivity contribution in [3.63, 3.8) is 0 Å². The van der Waals surface area contributed by atoms with Crippen LogP contribution in [-0.4, -0.2) is 12.5 Å². The van der Waals surface area contributed by atoms with Crippen molar-refractivity contribution < 1.29 is 4.79 Å². The fourth-order valence-corrected chi connectivity index (χ4v) is 2.02. The molecule has 0 aliphatic rings. The Morgan fingerprint density at radius 1 is 1.15 bits per heavy atom. The van der Waals surface area contributed by atoms with Gasteiger partial charge in [-0.1, -0.05) is 52.8 Å². The van der Waals surface area contributed by atoms with Crippen LogP contribution in [0.4, 0.5) is 0 Å². The molecule has 0 aliphatic heterocycles. The molecular weight excluding hydrogens is 246 g/mol. The number of carbonyl (C=O) groups excluding carboxylic acids is 1. The van der Waals surface area contributed by atoms with Gasteiger partial charge in [0.15, 0.2) is 0 Å². The molecule has 0 unspecified atom stereocenters. The molecular formula is C18H27NO. The van der Waals surface area contributed by atoms with Crippen LogP contribution in [0.5, 0.6) is 0 Å². The number of allylic oxidation sites excluding steroid dienone is 2. The van der Waals surface area contributed by atoms with Gasteiger partial charge in [0.05, 0.1) is 0 Å². The molecule has 1 aromatic carbocycles. The molecule has 20 heavy (non-hydrogen) atoms. The standard InChI is InChI=1S/C18H27NO/c1-13(2)12-19-17(20)16-9-7-15(8-10-16)14(3)11-18(4,5)6/h7-11,13H,12H2,1-6H3,(H,19,20). The number of rotatable bonds is 4. The van der Waals surface area contributed by atoms with E-state index in [4.69, 9.17) is 0 Å². The van der Waals surface area contributed by atoms with E-state index in [1.807, 2.05) is 24.3 Å². The first-order valence-electron chi connectivity index (χ1n) is 7.27. The lowest BCUT2D eigenvalue weighted by atomic mass is 9.91. The van der Waals surface area contributed by atoms with E-state index in [1.54, 1.807) is 0 Å². The van der Waals surface area contributed by atoms with E-state index in [-0.39, 0.29) is 11.3 Å². The largest absolute Gasteiger partial charge is 0.352 e. The molecule has 2 heteroatoms. The molecule has 1 rings (SSSR count). The van der Waals surface area contributed by atoms with Crippen LogP contribution in [0.2, 0.25) is 0 Å². The molecule has 0 atom stereocenters. The van der Waals surface area contributed by atoms with E-state index in [0.29, 0.717) is 12.5 Å². The molecule has 0 spiro atoms. The smallest absolute Gasteiger partial charge is 0.251 e. The third-order valence-corrected chi connectivity index (χ3v) is 2.92. The van der Waals surface area contributed by atoms with Gasteiger partial charge in [-0.3, -0.25) is 4.79 Å². The first-order valence-corrected chi connectivity index (χ1v) is 7.27. The molecule has 1 aromatic rings. The molecule has 0 radical (unpaired) electrons. The predicted molar refractivity (Wildman–Crippen MR) is 86.7 cm³/mol. The van der Waals surface area contributed by atoms with Gasteiger partial charge < -0.3 is 5.32 Å². The summed E-state index contributed by atoms with van der Waals surface area (Å²) in [5, 5.41) is 2.93. The topological polar surface area (TPSA) is 29.1 Å². The van der Waals surface area contributed by atoms with Gasteiger partial charge in [-0.05, 0) is 41.5 Å². The quantitative estimate of drug-likeness (QED) is 0.858. The Balaban J connectivity index is 2.79. The highest BCUT2D eigenvalue weighted by molar-refractivity contribution is 5.94. The van der Waals surface area contributed by atoms with Crippen molar-refractivity contribution in [2.45, 2.75) is 41.5 Å². The van der Waals surface area contributed by atoms with E-state index in [1.165, 1.54) is 11.1 Å². The Morgan fingerprint density at radius 2 is 1.65 bits per heavy atom. The summed E-state index contributed by atoms with van der Waals surface area (Å²) in [5.41, 5.74) is 3.29. The third-order valence-electron chi connectivity index (χ3n) is 2.92. The number of hydrogen-bond acceptors (Lipinski definition) is 1. The fraction of sp³-hybridized carbons (Fsp3) is 0.500. The van der Waals surface area contributed by atoms with Crippen molar-refractivity contribution in [1.82, 2.24) is 5.32 Å². The highest BCUT2D eigenvalue weighted by atomic mass is 16.1. The van der Waals surface area contributed by atoms with Gasteiger partial charge in [-0.25, -0.2) is 0 Å². The summed E-state index contributed by atoms with van der Waals surface area (Å²) >= 11 is 0. The van der Waals surface area contributed by atoms with Crippen LogP contribution in [0.25, 0.3) is 5.57 Å². The van der Waals surface area contributed by atoms with E-state index in [0.717, 1.165) is 5.56 Å². The zero-order chi connectivity index (χ0) is 15.3. The summed E-state index contributed by atoms with van der Waals surface area (Å²) in [7, 11) is 0. The van der Waals surface area contributed by atoms with Crippen LogP contribution in [0.3, 0.4) is 0 Å². The molecule has 0 aliphatic carbocycles. The second-order valence-corrected chi connectivity index (χ2v) is 6.87. The highest BCUT2D eigenvalue weighted by Crippen LogP contribution is 2.23. The molecule has 0 heterocycles. The van der Waals surface area contributed by atoms with E-state index < -0.39 is 0 Å². The molecule has 0 aromatic heterocycles. The second-order valence-electron chi connectivity index (χ2n) is 6.87. The Hall–Kier alpha value is -1.57. The number of hydrogen-bond donors (Lipinski definition) is 1. The lowest BCUT2D eigenvalue weighted by Crippen LogP contribution is -2.27. The summed E-state index contributed by atoms with van der Waals surface area (Å²) in [6.07, 6.45) is 2.25. The van der Waals surface area contributed by atoms with Crippen molar-refractivity contribution in [2.75, 3.05) is 6.54 Å². The van der Waals surface area contributed by atoms with Crippen molar-refractivity contribution in [2.24, 2.45) is 11.3 Å². The van der Waals surface area contributed by atoms with Crippen LogP contribution in [0.15, 0.2) is 30.3 Å². The zero-order valence-electron chi connectivity index (χ0n) is 13.6. The summed E-state index contributed by atoms with van der Waals surface area (Å²) in [5.74, 6) is 0.470. The Morgan fingerprint density at radius 3 is 2.10 bits per heavy atom. The number of nitrogens with one attached hydrogen (secondary N) is 1. The predicted octanol–water partition coefficient (Wildman–Crippen LogP) is 4.52. The first-order chi connectivity index (χ1) is 9.19. The van der Waals surface area contributed by atoms with Crippen LogP contribution in [-0.2, 0) is 0 Å². The Kier molecular flexibility index (Phi) is 5.55. The SMILES string of the molecule is CC(=CC(C)(C)C)c1ccc(C(=O)NCC(C)C)cc1. The summed E-state index contributed by atoms with van der Waals surface area (Å²) < 4.78 is 0. The molecule has 110 valence electrons. The highest BCUT2D eigenvalue weighted by Gasteiger charge is 2.09. The van der Waals surface area contributed by atoms with Gasteiger partial charge >= 0.3 is 0 Å².